The Labute approximate surface area is 138 Å². The van der Waals surface area contributed by atoms with Gasteiger partial charge in [0.15, 0.2) is 17.4 Å². The van der Waals surface area contributed by atoms with Crippen molar-refractivity contribution in [2.24, 2.45) is 0 Å². The van der Waals surface area contributed by atoms with Crippen LogP contribution in [0.15, 0.2) is 24.3 Å². The molecule has 2 aromatic rings. The lowest BCUT2D eigenvalue weighted by Gasteiger charge is -2.13. The lowest BCUT2D eigenvalue weighted by molar-refractivity contribution is 0.260. The Bertz CT molecular complexity index is 670. The van der Waals surface area contributed by atoms with E-state index in [1.165, 1.54) is 7.11 Å². The summed E-state index contributed by atoms with van der Waals surface area (Å²) in [5, 5.41) is 0. The van der Waals surface area contributed by atoms with Crippen LogP contribution in [0, 0.1) is 23.3 Å². The van der Waals surface area contributed by atoms with E-state index in [1.54, 1.807) is 24.3 Å². The van der Waals surface area contributed by atoms with Gasteiger partial charge in [-0.2, -0.15) is 8.78 Å². The minimum Gasteiger partial charge on any atom is -0.497 e. The molecule has 0 amide bonds. The lowest BCUT2D eigenvalue weighted by Crippen LogP contribution is -2.08. The third kappa shape index (κ3) is 3.80. The molecule has 0 bridgehead atoms. The molecule has 2 aromatic carbocycles. The van der Waals surface area contributed by atoms with Crippen LogP contribution in [0.1, 0.15) is 30.9 Å². The third-order valence-electron chi connectivity index (χ3n) is 3.64. The van der Waals surface area contributed by atoms with Gasteiger partial charge in [0, 0.05) is 5.56 Å². The Morgan fingerprint density at radius 3 is 1.96 bits per heavy atom. The second-order valence-electron chi connectivity index (χ2n) is 5.30. The molecular formula is C18H18F4O2. The van der Waals surface area contributed by atoms with Gasteiger partial charge in [-0.25, -0.2) is 8.78 Å². The fraction of sp³-hybridized carbons (Fsp3) is 0.333. The zero-order chi connectivity index (χ0) is 17.7. The molecule has 6 heteroatoms. The predicted molar refractivity (Wildman–Crippen MR) is 82.2 cm³/mol. The molecule has 0 atom stereocenters. The lowest BCUT2D eigenvalue weighted by atomic mass is 10.1. The minimum absolute atomic E-state index is 0.0687. The summed E-state index contributed by atoms with van der Waals surface area (Å²) in [7, 11) is 1.50. The van der Waals surface area contributed by atoms with Crippen LogP contribution in [-0.4, -0.2) is 7.11 Å². The molecule has 0 saturated heterocycles. The highest BCUT2D eigenvalue weighted by atomic mass is 19.2. The molecular weight excluding hydrogens is 324 g/mol. The summed E-state index contributed by atoms with van der Waals surface area (Å²) in [6.45, 7) is 1.58. The molecule has 0 radical (unpaired) electrons. The van der Waals surface area contributed by atoms with Gasteiger partial charge in [-0.1, -0.05) is 25.5 Å². The highest BCUT2D eigenvalue weighted by Crippen LogP contribution is 2.31. The average Bonchev–Trinajstić information content (AvgIpc) is 2.60. The van der Waals surface area contributed by atoms with Crippen molar-refractivity contribution in [2.75, 3.05) is 7.11 Å². The second-order valence-corrected chi connectivity index (χ2v) is 5.30. The topological polar surface area (TPSA) is 18.5 Å². The molecule has 0 aliphatic carbocycles. The molecule has 0 fully saturated rings. The number of benzene rings is 2. The average molecular weight is 342 g/mol. The smallest absolute Gasteiger partial charge is 0.204 e. The van der Waals surface area contributed by atoms with Crippen molar-refractivity contribution in [2.45, 2.75) is 32.8 Å². The van der Waals surface area contributed by atoms with E-state index in [1.807, 2.05) is 6.92 Å². The maximum Gasteiger partial charge on any atom is 0.204 e. The number of hydrogen-bond acceptors (Lipinski definition) is 2. The Morgan fingerprint density at radius 1 is 0.875 bits per heavy atom. The largest absolute Gasteiger partial charge is 0.497 e. The van der Waals surface area contributed by atoms with Crippen LogP contribution in [0.4, 0.5) is 17.6 Å². The van der Waals surface area contributed by atoms with E-state index in [4.69, 9.17) is 9.47 Å². The standard InChI is InChI=1S/C18H18F4O2/c1-3-4-5-13-14(19)16(21)18(17(22)15(13)20)24-10-11-6-8-12(23-2)9-7-11/h6-9H,3-5,10H2,1-2H3. The fourth-order valence-corrected chi connectivity index (χ4v) is 2.23. The van der Waals surface area contributed by atoms with Gasteiger partial charge in [-0.15, -0.1) is 0 Å². The zero-order valence-corrected chi connectivity index (χ0v) is 13.5. The Kier molecular flexibility index (Phi) is 6.06. The summed E-state index contributed by atoms with van der Waals surface area (Å²) in [6, 6.07) is 6.52. The minimum atomic E-state index is -1.51. The van der Waals surface area contributed by atoms with Gasteiger partial charge in [0.25, 0.3) is 0 Å². The maximum atomic E-state index is 14.0. The van der Waals surface area contributed by atoms with Crippen molar-refractivity contribution in [3.63, 3.8) is 0 Å². The van der Waals surface area contributed by atoms with Gasteiger partial charge in [-0.05, 0) is 30.5 Å². The first-order valence-corrected chi connectivity index (χ1v) is 7.60. The number of halogens is 4. The highest BCUT2D eigenvalue weighted by molar-refractivity contribution is 5.35. The SMILES string of the molecule is CCCCc1c(F)c(F)c(OCc2ccc(OC)cc2)c(F)c1F. The van der Waals surface area contributed by atoms with Crippen molar-refractivity contribution in [1.82, 2.24) is 0 Å². The van der Waals surface area contributed by atoms with Gasteiger partial charge in [0.2, 0.25) is 11.6 Å². The molecule has 0 aromatic heterocycles. The van der Waals surface area contributed by atoms with E-state index in [-0.39, 0.29) is 13.0 Å². The fourth-order valence-electron chi connectivity index (χ4n) is 2.23. The van der Waals surface area contributed by atoms with Gasteiger partial charge in [-0.3, -0.25) is 0 Å². The Hall–Kier alpha value is -2.24. The van der Waals surface area contributed by atoms with Gasteiger partial charge < -0.3 is 9.47 Å². The van der Waals surface area contributed by atoms with Crippen molar-refractivity contribution in [1.29, 1.82) is 0 Å². The summed E-state index contributed by atoms with van der Waals surface area (Å²) in [5.74, 6) is -6.24. The van der Waals surface area contributed by atoms with Crippen molar-refractivity contribution < 1.29 is 27.0 Å². The van der Waals surface area contributed by atoms with Crippen molar-refractivity contribution >= 4 is 0 Å². The maximum absolute atomic E-state index is 14.0. The summed E-state index contributed by atoms with van der Waals surface area (Å²) in [6.07, 6.45) is 1.01. The van der Waals surface area contributed by atoms with E-state index < -0.39 is 34.6 Å². The first kappa shape index (κ1) is 18.1. The first-order valence-electron chi connectivity index (χ1n) is 7.60. The Balaban J connectivity index is 2.23. The molecule has 0 aliphatic heterocycles. The summed E-state index contributed by atoms with van der Waals surface area (Å²) in [4.78, 5) is 0. The van der Waals surface area contributed by atoms with Crippen molar-refractivity contribution in [3.05, 3.63) is 58.7 Å². The predicted octanol–water partition coefficient (Wildman–Crippen LogP) is 5.17. The first-order chi connectivity index (χ1) is 11.5. The highest BCUT2D eigenvalue weighted by Gasteiger charge is 2.26. The van der Waals surface area contributed by atoms with Gasteiger partial charge >= 0.3 is 0 Å². The molecule has 130 valence electrons. The van der Waals surface area contributed by atoms with Crippen LogP contribution in [0.25, 0.3) is 0 Å². The number of unbranched alkanes of at least 4 members (excludes halogenated alkanes) is 1. The van der Waals surface area contributed by atoms with E-state index in [2.05, 4.69) is 0 Å². The number of hydrogen-bond donors (Lipinski definition) is 0. The zero-order valence-electron chi connectivity index (χ0n) is 13.5. The third-order valence-corrected chi connectivity index (χ3v) is 3.64. The van der Waals surface area contributed by atoms with Crippen LogP contribution in [0.2, 0.25) is 0 Å². The van der Waals surface area contributed by atoms with Gasteiger partial charge in [0.05, 0.1) is 7.11 Å². The van der Waals surface area contributed by atoms with Crippen LogP contribution in [0.3, 0.4) is 0 Å². The molecule has 0 aliphatic rings. The van der Waals surface area contributed by atoms with E-state index in [9.17, 15) is 17.6 Å². The molecule has 2 rings (SSSR count). The van der Waals surface area contributed by atoms with Crippen LogP contribution in [0.5, 0.6) is 11.5 Å². The number of rotatable bonds is 7. The molecule has 0 saturated carbocycles. The number of methoxy groups -OCH3 is 1. The van der Waals surface area contributed by atoms with Gasteiger partial charge in [0.1, 0.15) is 12.4 Å². The Morgan fingerprint density at radius 2 is 1.46 bits per heavy atom. The quantitative estimate of drug-likeness (QED) is 0.510. The number of ether oxygens (including phenoxy) is 2. The van der Waals surface area contributed by atoms with E-state index >= 15 is 0 Å². The summed E-state index contributed by atoms with van der Waals surface area (Å²) < 4.78 is 66.0. The molecule has 0 heterocycles. The summed E-state index contributed by atoms with van der Waals surface area (Å²) in [5.41, 5.74) is -0.00544. The normalized spacial score (nSPS) is 10.8. The van der Waals surface area contributed by atoms with E-state index in [0.717, 1.165) is 0 Å². The van der Waals surface area contributed by atoms with Crippen molar-refractivity contribution in [3.8, 4) is 11.5 Å². The second kappa shape index (κ2) is 8.04. The molecule has 24 heavy (non-hydrogen) atoms. The summed E-state index contributed by atoms with van der Waals surface area (Å²) >= 11 is 0. The molecule has 0 N–H and O–H groups in total. The molecule has 0 unspecified atom stereocenters. The molecule has 0 spiro atoms. The van der Waals surface area contributed by atoms with E-state index in [0.29, 0.717) is 24.2 Å². The van der Waals surface area contributed by atoms with Crippen LogP contribution >= 0.6 is 0 Å². The monoisotopic (exact) mass is 342 g/mol. The van der Waals surface area contributed by atoms with Crippen LogP contribution < -0.4 is 9.47 Å². The van der Waals surface area contributed by atoms with Crippen LogP contribution in [-0.2, 0) is 13.0 Å². The molecule has 2 nitrogen and oxygen atoms in total.